The Balaban J connectivity index is 1.77. The van der Waals surface area contributed by atoms with Crippen molar-refractivity contribution in [3.63, 3.8) is 0 Å². The summed E-state index contributed by atoms with van der Waals surface area (Å²) in [6.45, 7) is 2.14. The third kappa shape index (κ3) is 3.39. The van der Waals surface area contributed by atoms with Crippen molar-refractivity contribution in [2.75, 3.05) is 34.4 Å². The number of fused-ring (bicyclic) bond motifs is 1. The van der Waals surface area contributed by atoms with Crippen LogP contribution in [0.15, 0.2) is 47.4 Å². The zero-order chi connectivity index (χ0) is 19.7. The minimum atomic E-state index is 0.232. The first-order valence-corrected chi connectivity index (χ1v) is 9.98. The maximum absolute atomic E-state index is 10.1. The third-order valence-corrected chi connectivity index (χ3v) is 6.27. The quantitative estimate of drug-likeness (QED) is 0.821. The van der Waals surface area contributed by atoms with Gasteiger partial charge in [-0.3, -0.25) is 4.90 Å². The summed E-state index contributed by atoms with van der Waals surface area (Å²) in [4.78, 5) is 2.61. The van der Waals surface area contributed by atoms with Gasteiger partial charge >= 0.3 is 0 Å². The van der Waals surface area contributed by atoms with Gasteiger partial charge in [0.15, 0.2) is 23.0 Å². The Hall–Kier alpha value is -2.40. The Morgan fingerprint density at radius 2 is 1.89 bits per heavy atom. The van der Waals surface area contributed by atoms with E-state index in [1.807, 2.05) is 12.1 Å². The molecule has 5 nitrogen and oxygen atoms in total. The molecule has 1 aromatic carbocycles. The summed E-state index contributed by atoms with van der Waals surface area (Å²) in [6.07, 6.45) is 8.31. The molecule has 1 aromatic rings. The predicted molar refractivity (Wildman–Crippen MR) is 110 cm³/mol. The molecule has 2 aliphatic heterocycles. The smallest absolute Gasteiger partial charge is 0.161 e. The second-order valence-corrected chi connectivity index (χ2v) is 7.71. The van der Waals surface area contributed by atoms with Crippen LogP contribution < -0.4 is 9.47 Å². The minimum absolute atomic E-state index is 0.232. The number of benzene rings is 1. The molecule has 2 heterocycles. The van der Waals surface area contributed by atoms with Crippen LogP contribution in [0.25, 0.3) is 5.57 Å². The highest BCUT2D eigenvalue weighted by Gasteiger charge is 2.34. The van der Waals surface area contributed by atoms with E-state index in [-0.39, 0.29) is 11.7 Å². The molecular formula is C23H29NO4. The molecule has 0 radical (unpaired) electrons. The first kappa shape index (κ1) is 18.9. The van der Waals surface area contributed by atoms with Crippen molar-refractivity contribution >= 4 is 5.57 Å². The average molecular weight is 383 g/mol. The molecule has 1 aliphatic carbocycles. The van der Waals surface area contributed by atoms with Crippen molar-refractivity contribution < 1.29 is 19.3 Å². The van der Waals surface area contributed by atoms with Crippen LogP contribution in [0.5, 0.6) is 11.5 Å². The molecule has 0 amide bonds. The molecule has 0 saturated carbocycles. The van der Waals surface area contributed by atoms with E-state index in [1.165, 1.54) is 36.1 Å². The summed E-state index contributed by atoms with van der Waals surface area (Å²) in [5.74, 6) is 2.55. The van der Waals surface area contributed by atoms with Gasteiger partial charge in [0.05, 0.1) is 21.3 Å². The van der Waals surface area contributed by atoms with E-state index in [2.05, 4.69) is 23.1 Å². The van der Waals surface area contributed by atoms with Crippen LogP contribution in [0.2, 0.25) is 0 Å². The second-order valence-electron chi connectivity index (χ2n) is 7.71. The summed E-state index contributed by atoms with van der Waals surface area (Å²) in [6, 6.07) is 6.84. The molecule has 4 rings (SSSR count). The number of methoxy groups -OCH3 is 3. The van der Waals surface area contributed by atoms with E-state index in [4.69, 9.17) is 14.2 Å². The van der Waals surface area contributed by atoms with Crippen LogP contribution in [0.4, 0.5) is 0 Å². The summed E-state index contributed by atoms with van der Waals surface area (Å²) in [5.41, 5.74) is 4.02. The molecule has 28 heavy (non-hydrogen) atoms. The van der Waals surface area contributed by atoms with Gasteiger partial charge in [0.1, 0.15) is 0 Å². The molecule has 1 fully saturated rings. The topological polar surface area (TPSA) is 51.2 Å². The largest absolute Gasteiger partial charge is 0.504 e. The van der Waals surface area contributed by atoms with E-state index in [9.17, 15) is 5.11 Å². The van der Waals surface area contributed by atoms with Crippen molar-refractivity contribution in [2.24, 2.45) is 5.92 Å². The van der Waals surface area contributed by atoms with E-state index < -0.39 is 0 Å². The van der Waals surface area contributed by atoms with E-state index >= 15 is 0 Å². The lowest BCUT2D eigenvalue weighted by Crippen LogP contribution is -2.37. The molecule has 0 bridgehead atoms. The highest BCUT2D eigenvalue weighted by atomic mass is 16.5. The zero-order valence-corrected chi connectivity index (χ0v) is 16.9. The summed E-state index contributed by atoms with van der Waals surface area (Å²) in [7, 11) is 4.95. The minimum Gasteiger partial charge on any atom is -0.504 e. The number of allylic oxidation sites excluding steroid dienone is 2. The van der Waals surface area contributed by atoms with E-state index in [0.717, 1.165) is 30.9 Å². The van der Waals surface area contributed by atoms with Crippen LogP contribution in [0, 0.1) is 5.92 Å². The normalized spacial score (nSPS) is 25.1. The molecule has 3 aliphatic rings. The third-order valence-electron chi connectivity index (χ3n) is 6.27. The van der Waals surface area contributed by atoms with Gasteiger partial charge in [-0.2, -0.15) is 0 Å². The van der Waals surface area contributed by atoms with Gasteiger partial charge in [-0.05, 0) is 73.2 Å². The van der Waals surface area contributed by atoms with Crippen LogP contribution >= 0.6 is 0 Å². The first-order valence-electron chi connectivity index (χ1n) is 9.98. The SMILES string of the molecule is COC1=CC(C2=C(c3ccc(OC)c(OC)c3)CC3CCCN3C2)CC=C1O. The molecule has 0 aromatic heterocycles. The van der Waals surface area contributed by atoms with Crippen molar-refractivity contribution in [3.05, 3.63) is 53.0 Å². The molecule has 2 unspecified atom stereocenters. The number of ether oxygens (including phenoxy) is 3. The highest BCUT2D eigenvalue weighted by molar-refractivity contribution is 5.73. The fourth-order valence-electron chi connectivity index (χ4n) is 4.77. The number of rotatable bonds is 5. The Morgan fingerprint density at radius 1 is 1.07 bits per heavy atom. The molecule has 1 N–H and O–H groups in total. The van der Waals surface area contributed by atoms with Crippen molar-refractivity contribution in [1.29, 1.82) is 0 Å². The van der Waals surface area contributed by atoms with Gasteiger partial charge in [-0.25, -0.2) is 0 Å². The number of hydrogen-bond acceptors (Lipinski definition) is 5. The molecule has 150 valence electrons. The van der Waals surface area contributed by atoms with Crippen LogP contribution in [-0.2, 0) is 4.74 Å². The van der Waals surface area contributed by atoms with Crippen LogP contribution in [0.1, 0.15) is 31.2 Å². The fourth-order valence-corrected chi connectivity index (χ4v) is 4.77. The number of hydrogen-bond donors (Lipinski definition) is 1. The van der Waals surface area contributed by atoms with Gasteiger partial charge in [-0.15, -0.1) is 0 Å². The number of nitrogens with zero attached hydrogens (tertiary/aromatic N) is 1. The van der Waals surface area contributed by atoms with E-state index in [1.54, 1.807) is 21.3 Å². The zero-order valence-electron chi connectivity index (χ0n) is 16.9. The Morgan fingerprint density at radius 3 is 2.64 bits per heavy atom. The lowest BCUT2D eigenvalue weighted by Gasteiger charge is -2.37. The monoisotopic (exact) mass is 383 g/mol. The molecule has 0 spiro atoms. The standard InChI is InChI=1S/C23H29NO4/c1-26-21-9-7-15(12-23(21)28-3)18-13-17-5-4-10-24(17)14-19(18)16-6-8-20(25)22(11-16)27-2/h7-9,11-12,16-17,25H,4-6,10,13-14H2,1-3H3. The second kappa shape index (κ2) is 7.92. The summed E-state index contributed by atoms with van der Waals surface area (Å²) in [5, 5.41) is 10.1. The van der Waals surface area contributed by atoms with E-state index in [0.29, 0.717) is 11.8 Å². The van der Waals surface area contributed by atoms with Gasteiger partial charge in [-0.1, -0.05) is 6.07 Å². The molecular weight excluding hydrogens is 354 g/mol. The summed E-state index contributed by atoms with van der Waals surface area (Å²) >= 11 is 0. The first-order chi connectivity index (χ1) is 13.6. The maximum atomic E-state index is 10.1. The summed E-state index contributed by atoms with van der Waals surface area (Å²) < 4.78 is 16.4. The average Bonchev–Trinajstić information content (AvgIpc) is 3.20. The van der Waals surface area contributed by atoms with Crippen molar-refractivity contribution in [1.82, 2.24) is 4.90 Å². The fraction of sp³-hybridized carbons (Fsp3) is 0.478. The van der Waals surface area contributed by atoms with Crippen LogP contribution in [-0.4, -0.2) is 50.5 Å². The van der Waals surface area contributed by atoms with Crippen molar-refractivity contribution in [3.8, 4) is 11.5 Å². The maximum Gasteiger partial charge on any atom is 0.161 e. The van der Waals surface area contributed by atoms with Gasteiger partial charge in [0, 0.05) is 18.5 Å². The molecule has 1 saturated heterocycles. The lowest BCUT2D eigenvalue weighted by atomic mass is 9.80. The molecule has 2 atom stereocenters. The lowest BCUT2D eigenvalue weighted by molar-refractivity contribution is 0.242. The van der Waals surface area contributed by atoms with Gasteiger partial charge < -0.3 is 19.3 Å². The highest BCUT2D eigenvalue weighted by Crippen LogP contribution is 2.42. The van der Waals surface area contributed by atoms with Gasteiger partial charge in [0.25, 0.3) is 0 Å². The Kier molecular flexibility index (Phi) is 5.36. The Labute approximate surface area is 166 Å². The number of aliphatic hydroxyl groups is 1. The molecule has 5 heteroatoms. The van der Waals surface area contributed by atoms with Crippen LogP contribution in [0.3, 0.4) is 0 Å². The van der Waals surface area contributed by atoms with Gasteiger partial charge in [0.2, 0.25) is 0 Å². The Bertz CT molecular complexity index is 839. The van der Waals surface area contributed by atoms with Crippen molar-refractivity contribution in [2.45, 2.75) is 31.7 Å². The number of aliphatic hydroxyl groups excluding tert-OH is 1. The predicted octanol–water partition coefficient (Wildman–Crippen LogP) is 4.32.